The molecule has 0 aliphatic rings. The Balaban J connectivity index is 0. The predicted octanol–water partition coefficient (Wildman–Crippen LogP) is 3.41. The SMILES string of the molecule is CC.Cc1cc(C)cc(CCC(=O)C(=NC(C)C)C(N)=O)c1.[HH]. The lowest BCUT2D eigenvalue weighted by molar-refractivity contribution is -0.116. The van der Waals surface area contributed by atoms with Gasteiger partial charge in [0.25, 0.3) is 5.91 Å². The Morgan fingerprint density at radius 1 is 1.14 bits per heavy atom. The van der Waals surface area contributed by atoms with Crippen molar-refractivity contribution in [2.75, 3.05) is 0 Å². The zero-order valence-electron chi connectivity index (χ0n) is 14.6. The van der Waals surface area contributed by atoms with Gasteiger partial charge in [-0.25, -0.2) is 0 Å². The van der Waals surface area contributed by atoms with E-state index in [0.717, 1.165) is 5.56 Å². The number of Topliss-reactive ketones (excluding diaryl/α,β-unsaturated/α-hetero) is 1. The number of hydrogen-bond acceptors (Lipinski definition) is 3. The molecular weight excluding hydrogens is 276 g/mol. The molecule has 0 aromatic heterocycles. The predicted molar refractivity (Wildman–Crippen MR) is 94.5 cm³/mol. The molecule has 4 nitrogen and oxygen atoms in total. The lowest BCUT2D eigenvalue weighted by Crippen LogP contribution is -2.32. The first-order valence-corrected chi connectivity index (χ1v) is 7.77. The number of nitrogens with two attached hydrogens (primary N) is 1. The Bertz CT molecular complexity index is 532. The smallest absolute Gasteiger partial charge is 0.270 e. The number of primary amides is 1. The van der Waals surface area contributed by atoms with Crippen LogP contribution in [0, 0.1) is 13.8 Å². The van der Waals surface area contributed by atoms with Crippen molar-refractivity contribution in [3.8, 4) is 0 Å². The van der Waals surface area contributed by atoms with Crippen molar-refractivity contribution in [2.45, 2.75) is 60.4 Å². The fourth-order valence-electron chi connectivity index (χ4n) is 2.12. The number of ketones is 1. The van der Waals surface area contributed by atoms with Crippen LogP contribution in [0.5, 0.6) is 0 Å². The number of hydrogen-bond donors (Lipinski definition) is 1. The monoisotopic (exact) mass is 306 g/mol. The average molecular weight is 306 g/mol. The highest BCUT2D eigenvalue weighted by Crippen LogP contribution is 2.11. The maximum atomic E-state index is 12.0. The van der Waals surface area contributed by atoms with Crippen LogP contribution in [0.4, 0.5) is 0 Å². The van der Waals surface area contributed by atoms with Crippen molar-refractivity contribution < 1.29 is 11.0 Å². The van der Waals surface area contributed by atoms with Gasteiger partial charge in [-0.1, -0.05) is 43.2 Å². The van der Waals surface area contributed by atoms with Gasteiger partial charge in [0.05, 0.1) is 0 Å². The minimum Gasteiger partial charge on any atom is -0.364 e. The van der Waals surface area contributed by atoms with Crippen LogP contribution in [0.2, 0.25) is 0 Å². The van der Waals surface area contributed by atoms with Crippen molar-refractivity contribution in [1.82, 2.24) is 0 Å². The normalized spacial score (nSPS) is 11.0. The van der Waals surface area contributed by atoms with Crippen LogP contribution in [0.25, 0.3) is 0 Å². The van der Waals surface area contributed by atoms with E-state index in [0.29, 0.717) is 6.42 Å². The molecule has 1 aromatic carbocycles. The third-order valence-electron chi connectivity index (χ3n) is 2.81. The average Bonchev–Trinajstić information content (AvgIpc) is 2.43. The molecule has 0 saturated carbocycles. The summed E-state index contributed by atoms with van der Waals surface area (Å²) in [4.78, 5) is 27.3. The highest BCUT2D eigenvalue weighted by Gasteiger charge is 2.17. The van der Waals surface area contributed by atoms with E-state index in [1.54, 1.807) is 13.8 Å². The van der Waals surface area contributed by atoms with Crippen LogP contribution in [0.15, 0.2) is 23.2 Å². The number of carbonyl (C=O) groups excluding carboxylic acids is 2. The molecule has 0 saturated heterocycles. The van der Waals surface area contributed by atoms with Gasteiger partial charge >= 0.3 is 0 Å². The minimum atomic E-state index is -0.746. The van der Waals surface area contributed by atoms with Gasteiger partial charge in [-0.2, -0.15) is 0 Å². The third kappa shape index (κ3) is 7.16. The van der Waals surface area contributed by atoms with Gasteiger partial charge in [0, 0.05) is 13.9 Å². The summed E-state index contributed by atoms with van der Waals surface area (Å²) >= 11 is 0. The molecular formula is C18H30N2O2. The van der Waals surface area contributed by atoms with Crippen molar-refractivity contribution in [3.05, 3.63) is 34.9 Å². The number of benzene rings is 1. The summed E-state index contributed by atoms with van der Waals surface area (Å²) in [7, 11) is 0. The number of nitrogens with zero attached hydrogens (tertiary/aromatic N) is 1. The number of amides is 1. The van der Waals surface area contributed by atoms with E-state index in [1.165, 1.54) is 11.1 Å². The van der Waals surface area contributed by atoms with E-state index in [2.05, 4.69) is 11.1 Å². The molecule has 0 fully saturated rings. The first-order chi connectivity index (χ1) is 10.3. The fourth-order valence-corrected chi connectivity index (χ4v) is 2.12. The van der Waals surface area contributed by atoms with E-state index in [1.807, 2.05) is 39.8 Å². The summed E-state index contributed by atoms with van der Waals surface area (Å²) in [6.45, 7) is 11.7. The zero-order valence-corrected chi connectivity index (χ0v) is 14.6. The van der Waals surface area contributed by atoms with Gasteiger partial charge < -0.3 is 5.73 Å². The van der Waals surface area contributed by atoms with Crippen molar-refractivity contribution >= 4 is 17.4 Å². The van der Waals surface area contributed by atoms with Crippen LogP contribution in [-0.2, 0) is 16.0 Å². The molecule has 1 amide bonds. The Hall–Kier alpha value is -1.97. The fraction of sp³-hybridized carbons (Fsp3) is 0.500. The van der Waals surface area contributed by atoms with Gasteiger partial charge in [0.1, 0.15) is 0 Å². The molecule has 0 unspecified atom stereocenters. The lowest BCUT2D eigenvalue weighted by Gasteiger charge is -2.06. The van der Waals surface area contributed by atoms with E-state index in [4.69, 9.17) is 5.73 Å². The Morgan fingerprint density at radius 3 is 2.05 bits per heavy atom. The summed E-state index contributed by atoms with van der Waals surface area (Å²) < 4.78 is 0. The molecule has 0 aliphatic carbocycles. The first-order valence-electron chi connectivity index (χ1n) is 7.77. The van der Waals surface area contributed by atoms with Crippen molar-refractivity contribution in [3.63, 3.8) is 0 Å². The Labute approximate surface area is 135 Å². The lowest BCUT2D eigenvalue weighted by atomic mass is 10.0. The number of aryl methyl sites for hydroxylation is 3. The molecule has 0 aliphatic heterocycles. The topological polar surface area (TPSA) is 72.5 Å². The van der Waals surface area contributed by atoms with Crippen LogP contribution in [0.3, 0.4) is 0 Å². The van der Waals surface area contributed by atoms with Crippen molar-refractivity contribution in [1.29, 1.82) is 0 Å². The molecule has 124 valence electrons. The second-order valence-electron chi connectivity index (χ2n) is 5.35. The summed E-state index contributed by atoms with van der Waals surface area (Å²) in [5, 5.41) is 0. The van der Waals surface area contributed by atoms with Gasteiger partial charge in [-0.05, 0) is 39.7 Å². The summed E-state index contributed by atoms with van der Waals surface area (Å²) in [6, 6.07) is 6.05. The highest BCUT2D eigenvalue weighted by molar-refractivity contribution is 6.65. The maximum Gasteiger partial charge on any atom is 0.270 e. The number of aliphatic imine (C=N–C) groups is 1. The second kappa shape index (κ2) is 9.87. The van der Waals surface area contributed by atoms with Gasteiger partial charge in [-0.15, -0.1) is 0 Å². The number of carbonyl (C=O) groups is 2. The van der Waals surface area contributed by atoms with E-state index < -0.39 is 5.91 Å². The molecule has 22 heavy (non-hydrogen) atoms. The zero-order chi connectivity index (χ0) is 17.3. The summed E-state index contributed by atoms with van der Waals surface area (Å²) in [5.74, 6) is -1.03. The highest BCUT2D eigenvalue weighted by atomic mass is 16.2. The van der Waals surface area contributed by atoms with E-state index in [-0.39, 0.29) is 25.4 Å². The third-order valence-corrected chi connectivity index (χ3v) is 2.81. The van der Waals surface area contributed by atoms with Gasteiger partial charge in [0.2, 0.25) is 0 Å². The maximum absolute atomic E-state index is 12.0. The van der Waals surface area contributed by atoms with Crippen LogP contribution in [0.1, 0.15) is 52.2 Å². The molecule has 0 bridgehead atoms. The Kier molecular flexibility index (Phi) is 8.99. The summed E-state index contributed by atoms with van der Waals surface area (Å²) in [5.41, 5.74) is 8.51. The molecule has 2 N–H and O–H groups in total. The molecule has 0 spiro atoms. The molecule has 4 heteroatoms. The first kappa shape index (κ1) is 20.0. The largest absolute Gasteiger partial charge is 0.364 e. The van der Waals surface area contributed by atoms with E-state index >= 15 is 0 Å². The molecule has 1 aromatic rings. The van der Waals surface area contributed by atoms with Crippen LogP contribution < -0.4 is 5.73 Å². The van der Waals surface area contributed by atoms with Crippen LogP contribution in [-0.4, -0.2) is 23.4 Å². The van der Waals surface area contributed by atoms with Crippen molar-refractivity contribution in [2.24, 2.45) is 10.7 Å². The summed E-state index contributed by atoms with van der Waals surface area (Å²) in [6.07, 6.45) is 0.836. The second-order valence-corrected chi connectivity index (χ2v) is 5.35. The minimum absolute atomic E-state index is 0. The molecule has 0 atom stereocenters. The Morgan fingerprint density at radius 2 is 1.64 bits per heavy atom. The van der Waals surface area contributed by atoms with E-state index in [9.17, 15) is 9.59 Å². The molecule has 1 rings (SSSR count). The van der Waals surface area contributed by atoms with Crippen LogP contribution >= 0.6 is 0 Å². The standard InChI is InChI=1S/C16H22N2O2.C2H6.H2/c1-10(2)18-15(16(17)20)14(19)6-5-13-8-11(3)7-12(4)9-13;1-2;/h7-10H,5-6H2,1-4H3,(H2,17,20);1-2H3;1H. The van der Waals surface area contributed by atoms with Gasteiger partial charge in [-0.3, -0.25) is 14.6 Å². The number of rotatable bonds is 6. The quantitative estimate of drug-likeness (QED) is 0.646. The van der Waals surface area contributed by atoms with Gasteiger partial charge in [0.15, 0.2) is 11.5 Å². The molecule has 0 heterocycles. The molecule has 0 radical (unpaired) electrons.